The van der Waals surface area contributed by atoms with Gasteiger partial charge in [-0.25, -0.2) is 4.39 Å². The molecule has 0 unspecified atom stereocenters. The molecule has 0 radical (unpaired) electrons. The van der Waals surface area contributed by atoms with E-state index in [-0.39, 0.29) is 5.82 Å². The van der Waals surface area contributed by atoms with Gasteiger partial charge in [-0.05, 0) is 43.7 Å². The van der Waals surface area contributed by atoms with Crippen molar-refractivity contribution in [3.8, 4) is 0 Å². The molecule has 1 aromatic carbocycles. The third-order valence-corrected chi connectivity index (χ3v) is 2.99. The van der Waals surface area contributed by atoms with Crippen LogP contribution in [0.25, 0.3) is 0 Å². The molecule has 0 aliphatic carbocycles. The lowest BCUT2D eigenvalue weighted by Gasteiger charge is -2.10. The van der Waals surface area contributed by atoms with Crippen molar-refractivity contribution in [1.29, 1.82) is 0 Å². The quantitative estimate of drug-likeness (QED) is 0.845. The van der Waals surface area contributed by atoms with Crippen LogP contribution in [-0.4, -0.2) is 7.05 Å². The van der Waals surface area contributed by atoms with Crippen LogP contribution in [0.1, 0.15) is 16.7 Å². The van der Waals surface area contributed by atoms with Gasteiger partial charge in [0, 0.05) is 11.0 Å². The number of nitrogens with one attached hydrogen (secondary N) is 1. The second-order valence-electron chi connectivity index (χ2n) is 3.11. The van der Waals surface area contributed by atoms with Gasteiger partial charge in [0.1, 0.15) is 5.82 Å². The summed E-state index contributed by atoms with van der Waals surface area (Å²) in [6.45, 7) is 4.28. The molecule has 0 atom stereocenters. The predicted octanol–water partition coefficient (Wildman–Crippen LogP) is 2.92. The number of hydrogen-bond donors (Lipinski definition) is 1. The number of halogens is 2. The molecule has 1 rings (SSSR count). The maximum atomic E-state index is 13.5. The zero-order chi connectivity index (χ0) is 10.0. The molecule has 0 heterocycles. The molecular formula is C10H13BrFN. The minimum Gasteiger partial charge on any atom is -0.316 e. The Morgan fingerprint density at radius 2 is 2.00 bits per heavy atom. The average molecular weight is 246 g/mol. The summed E-state index contributed by atoms with van der Waals surface area (Å²) < 4.78 is 14.4. The van der Waals surface area contributed by atoms with Crippen molar-refractivity contribution in [2.75, 3.05) is 7.05 Å². The molecule has 0 bridgehead atoms. The average Bonchev–Trinajstić information content (AvgIpc) is 2.11. The maximum absolute atomic E-state index is 13.5. The van der Waals surface area contributed by atoms with Crippen molar-refractivity contribution in [2.45, 2.75) is 20.4 Å². The summed E-state index contributed by atoms with van der Waals surface area (Å²) in [4.78, 5) is 0. The molecule has 0 saturated heterocycles. The van der Waals surface area contributed by atoms with E-state index in [2.05, 4.69) is 21.2 Å². The number of benzene rings is 1. The van der Waals surface area contributed by atoms with E-state index in [1.54, 1.807) is 13.8 Å². The Morgan fingerprint density at radius 3 is 2.54 bits per heavy atom. The van der Waals surface area contributed by atoms with Gasteiger partial charge in [0.2, 0.25) is 0 Å². The summed E-state index contributed by atoms with van der Waals surface area (Å²) in [6, 6.07) is 1.96. The third-order valence-electron chi connectivity index (χ3n) is 2.17. The van der Waals surface area contributed by atoms with Crippen LogP contribution in [0.5, 0.6) is 0 Å². The largest absolute Gasteiger partial charge is 0.316 e. The second kappa shape index (κ2) is 4.20. The Labute approximate surface area is 86.5 Å². The molecule has 1 aromatic rings. The molecular weight excluding hydrogens is 233 g/mol. The third kappa shape index (κ3) is 2.09. The first-order chi connectivity index (χ1) is 6.07. The van der Waals surface area contributed by atoms with Crippen molar-refractivity contribution < 1.29 is 4.39 Å². The highest BCUT2D eigenvalue weighted by molar-refractivity contribution is 9.10. The molecule has 72 valence electrons. The van der Waals surface area contributed by atoms with Crippen molar-refractivity contribution in [3.63, 3.8) is 0 Å². The van der Waals surface area contributed by atoms with E-state index in [0.29, 0.717) is 12.1 Å². The highest BCUT2D eigenvalue weighted by Gasteiger charge is 2.09. The Balaban J connectivity index is 3.24. The van der Waals surface area contributed by atoms with Gasteiger partial charge in [-0.15, -0.1) is 0 Å². The topological polar surface area (TPSA) is 12.0 Å². The first-order valence-corrected chi connectivity index (χ1v) is 4.96. The molecule has 3 heteroatoms. The minimum atomic E-state index is -0.111. The molecule has 0 aromatic heterocycles. The van der Waals surface area contributed by atoms with Crippen LogP contribution in [0, 0.1) is 19.7 Å². The zero-order valence-electron chi connectivity index (χ0n) is 8.04. The van der Waals surface area contributed by atoms with Crippen molar-refractivity contribution in [3.05, 3.63) is 33.0 Å². The van der Waals surface area contributed by atoms with E-state index in [0.717, 1.165) is 15.6 Å². The fourth-order valence-corrected chi connectivity index (χ4v) is 1.72. The van der Waals surface area contributed by atoms with Crippen molar-refractivity contribution >= 4 is 15.9 Å². The monoisotopic (exact) mass is 245 g/mol. The lowest BCUT2D eigenvalue weighted by molar-refractivity contribution is 0.602. The summed E-state index contributed by atoms with van der Waals surface area (Å²) in [5.41, 5.74) is 2.41. The van der Waals surface area contributed by atoms with Crippen LogP contribution in [0.4, 0.5) is 4.39 Å². The fourth-order valence-electron chi connectivity index (χ4n) is 1.27. The van der Waals surface area contributed by atoms with Gasteiger partial charge < -0.3 is 5.32 Å². The SMILES string of the molecule is CNCc1cc(Br)c(C)c(F)c1C. The fraction of sp³-hybridized carbons (Fsp3) is 0.400. The van der Waals surface area contributed by atoms with Crippen molar-refractivity contribution in [2.24, 2.45) is 0 Å². The lowest BCUT2D eigenvalue weighted by Crippen LogP contribution is -2.08. The van der Waals surface area contributed by atoms with Gasteiger partial charge in [-0.2, -0.15) is 0 Å². The molecule has 13 heavy (non-hydrogen) atoms. The van der Waals surface area contributed by atoms with Gasteiger partial charge >= 0.3 is 0 Å². The first kappa shape index (κ1) is 10.7. The molecule has 0 spiro atoms. The molecule has 1 N–H and O–H groups in total. The van der Waals surface area contributed by atoms with Crippen LogP contribution in [-0.2, 0) is 6.54 Å². The smallest absolute Gasteiger partial charge is 0.130 e. The van der Waals surface area contributed by atoms with E-state index >= 15 is 0 Å². The maximum Gasteiger partial charge on any atom is 0.130 e. The second-order valence-corrected chi connectivity index (χ2v) is 3.97. The van der Waals surface area contributed by atoms with Crippen molar-refractivity contribution in [1.82, 2.24) is 5.32 Å². The summed E-state index contributed by atoms with van der Waals surface area (Å²) in [6.07, 6.45) is 0. The van der Waals surface area contributed by atoms with Gasteiger partial charge in [-0.1, -0.05) is 15.9 Å². The van der Waals surface area contributed by atoms with Gasteiger partial charge in [0.15, 0.2) is 0 Å². The van der Waals surface area contributed by atoms with E-state index in [1.165, 1.54) is 0 Å². The van der Waals surface area contributed by atoms with Gasteiger partial charge in [0.05, 0.1) is 0 Å². The van der Waals surface area contributed by atoms with Crippen LogP contribution in [0.2, 0.25) is 0 Å². The number of rotatable bonds is 2. The first-order valence-electron chi connectivity index (χ1n) is 4.16. The summed E-state index contributed by atoms with van der Waals surface area (Å²) in [7, 11) is 1.85. The molecule has 0 fully saturated rings. The standard InChI is InChI=1S/C10H13BrFN/c1-6-8(5-13-3)4-9(11)7(2)10(6)12/h4,13H,5H2,1-3H3. The Hall–Kier alpha value is -0.410. The Bertz CT molecular complexity index is 323. The molecule has 0 saturated carbocycles. The summed E-state index contributed by atoms with van der Waals surface area (Å²) in [5.74, 6) is -0.111. The molecule has 1 nitrogen and oxygen atoms in total. The van der Waals surface area contributed by atoms with Crippen LogP contribution >= 0.6 is 15.9 Å². The zero-order valence-corrected chi connectivity index (χ0v) is 9.63. The molecule has 0 aliphatic rings. The van der Waals surface area contributed by atoms with Crippen LogP contribution in [0.15, 0.2) is 10.5 Å². The highest BCUT2D eigenvalue weighted by Crippen LogP contribution is 2.24. The summed E-state index contributed by atoms with van der Waals surface area (Å²) >= 11 is 3.33. The number of hydrogen-bond acceptors (Lipinski definition) is 1. The van der Waals surface area contributed by atoms with E-state index in [9.17, 15) is 4.39 Å². The van der Waals surface area contributed by atoms with E-state index < -0.39 is 0 Å². The Morgan fingerprint density at radius 1 is 1.38 bits per heavy atom. The minimum absolute atomic E-state index is 0.111. The van der Waals surface area contributed by atoms with Gasteiger partial charge in [-0.3, -0.25) is 0 Å². The summed E-state index contributed by atoms with van der Waals surface area (Å²) in [5, 5.41) is 3.01. The van der Waals surface area contributed by atoms with E-state index in [4.69, 9.17) is 0 Å². The van der Waals surface area contributed by atoms with Crippen LogP contribution in [0.3, 0.4) is 0 Å². The highest BCUT2D eigenvalue weighted by atomic mass is 79.9. The normalized spacial score (nSPS) is 10.5. The van der Waals surface area contributed by atoms with Gasteiger partial charge in [0.25, 0.3) is 0 Å². The van der Waals surface area contributed by atoms with E-state index in [1.807, 2.05) is 13.1 Å². The predicted molar refractivity (Wildman–Crippen MR) is 56.3 cm³/mol. The lowest BCUT2D eigenvalue weighted by atomic mass is 10.0. The van der Waals surface area contributed by atoms with Crippen LogP contribution < -0.4 is 5.32 Å². The molecule has 0 aliphatic heterocycles. The Kier molecular flexibility index (Phi) is 3.45. The molecule has 0 amide bonds.